The Morgan fingerprint density at radius 1 is 1.28 bits per heavy atom. The number of rotatable bonds is 7. The van der Waals surface area contributed by atoms with Crippen LogP contribution in [0.1, 0.15) is 30.9 Å². The largest absolute Gasteiger partial charge is 0.491 e. The van der Waals surface area contributed by atoms with Crippen molar-refractivity contribution in [2.75, 3.05) is 11.9 Å². The molecule has 0 unspecified atom stereocenters. The number of nitrogens with one attached hydrogen (secondary N) is 1. The monoisotopic (exact) mass is 352 g/mol. The molecule has 25 heavy (non-hydrogen) atoms. The molecular weight excluding hydrogens is 333 g/mol. The second kappa shape index (κ2) is 8.50. The van der Waals surface area contributed by atoms with Gasteiger partial charge < -0.3 is 10.1 Å². The molecule has 0 bridgehead atoms. The highest BCUT2D eigenvalue weighted by molar-refractivity contribution is 5.92. The molecule has 1 amide bonds. The van der Waals surface area contributed by atoms with Crippen molar-refractivity contribution in [3.8, 4) is 5.75 Å². The van der Waals surface area contributed by atoms with Crippen molar-refractivity contribution in [3.05, 3.63) is 53.9 Å². The Morgan fingerprint density at radius 3 is 2.72 bits per heavy atom. The number of nitrogens with zero attached hydrogens (tertiary/aromatic N) is 1. The van der Waals surface area contributed by atoms with Gasteiger partial charge in [0.15, 0.2) is 0 Å². The summed E-state index contributed by atoms with van der Waals surface area (Å²) in [5, 5.41) is 2.52. The third-order valence-corrected chi connectivity index (χ3v) is 3.41. The maximum absolute atomic E-state index is 12.9. The Hall–Kier alpha value is -2.57. The van der Waals surface area contributed by atoms with Crippen molar-refractivity contribution in [3.63, 3.8) is 0 Å². The zero-order valence-corrected chi connectivity index (χ0v) is 13.8. The van der Waals surface area contributed by atoms with Gasteiger partial charge in [0, 0.05) is 18.8 Å². The fourth-order valence-electron chi connectivity index (χ4n) is 2.16. The topological polar surface area (TPSA) is 51.2 Å². The molecule has 4 nitrogen and oxygen atoms in total. The highest BCUT2D eigenvalue weighted by Gasteiger charge is 2.31. The van der Waals surface area contributed by atoms with E-state index in [9.17, 15) is 18.0 Å². The van der Waals surface area contributed by atoms with Crippen molar-refractivity contribution < 1.29 is 22.7 Å². The lowest BCUT2D eigenvalue weighted by atomic mass is 10.1. The summed E-state index contributed by atoms with van der Waals surface area (Å²) in [7, 11) is 0. The molecule has 0 fully saturated rings. The number of pyridine rings is 1. The normalized spacial score (nSPS) is 11.2. The quantitative estimate of drug-likeness (QED) is 0.800. The first-order valence-electron chi connectivity index (χ1n) is 7.93. The number of benzene rings is 1. The molecule has 1 heterocycles. The van der Waals surface area contributed by atoms with E-state index >= 15 is 0 Å². The van der Waals surface area contributed by atoms with Gasteiger partial charge in [-0.25, -0.2) is 0 Å². The Bertz CT molecular complexity index is 703. The van der Waals surface area contributed by atoms with Gasteiger partial charge in [-0.05, 0) is 42.7 Å². The van der Waals surface area contributed by atoms with Crippen molar-refractivity contribution in [2.24, 2.45) is 0 Å². The van der Waals surface area contributed by atoms with Gasteiger partial charge in [-0.2, -0.15) is 13.2 Å². The van der Waals surface area contributed by atoms with E-state index in [4.69, 9.17) is 4.74 Å². The van der Waals surface area contributed by atoms with E-state index in [1.165, 1.54) is 6.07 Å². The smallest absolute Gasteiger partial charge is 0.416 e. The molecule has 0 radical (unpaired) electrons. The number of anilines is 1. The number of alkyl halides is 3. The summed E-state index contributed by atoms with van der Waals surface area (Å²) in [4.78, 5) is 16.1. The van der Waals surface area contributed by atoms with Crippen LogP contribution in [0.2, 0.25) is 0 Å². The van der Waals surface area contributed by atoms with Crippen molar-refractivity contribution >= 4 is 11.6 Å². The van der Waals surface area contributed by atoms with Crippen LogP contribution in [-0.2, 0) is 17.4 Å². The fraction of sp³-hybridized carbons (Fsp3) is 0.333. The van der Waals surface area contributed by atoms with Gasteiger partial charge in [-0.3, -0.25) is 9.78 Å². The minimum Gasteiger partial charge on any atom is -0.491 e. The molecule has 0 aliphatic heterocycles. The number of aryl methyl sites for hydroxylation is 1. The number of amides is 1. The lowest BCUT2D eigenvalue weighted by Gasteiger charge is -2.15. The number of carbonyl (C=O) groups is 1. The zero-order chi connectivity index (χ0) is 18.3. The highest BCUT2D eigenvalue weighted by Crippen LogP contribution is 2.35. The number of aromatic nitrogens is 1. The second-order valence-corrected chi connectivity index (χ2v) is 5.47. The summed E-state index contributed by atoms with van der Waals surface area (Å²) in [6.07, 6.45) is 0.0731. The van der Waals surface area contributed by atoms with E-state index in [1.807, 2.05) is 13.0 Å². The number of halogens is 3. The molecule has 2 aromatic rings. The molecule has 1 N–H and O–H groups in total. The second-order valence-electron chi connectivity index (χ2n) is 5.47. The van der Waals surface area contributed by atoms with E-state index in [0.29, 0.717) is 19.4 Å². The van der Waals surface area contributed by atoms with Crippen LogP contribution < -0.4 is 10.1 Å². The van der Waals surface area contributed by atoms with Crippen LogP contribution in [0.25, 0.3) is 0 Å². The Kier molecular flexibility index (Phi) is 6.38. The van der Waals surface area contributed by atoms with Crippen LogP contribution in [0.15, 0.2) is 42.7 Å². The van der Waals surface area contributed by atoms with Crippen molar-refractivity contribution in [1.29, 1.82) is 0 Å². The van der Waals surface area contributed by atoms with Crippen LogP contribution in [0.5, 0.6) is 5.75 Å². The Labute approximate surface area is 144 Å². The summed E-state index contributed by atoms with van der Waals surface area (Å²) in [6.45, 7) is 2.24. The lowest BCUT2D eigenvalue weighted by molar-refractivity contribution is -0.137. The molecular formula is C18H19F3N2O2. The first-order valence-corrected chi connectivity index (χ1v) is 7.93. The van der Waals surface area contributed by atoms with Gasteiger partial charge in [0.25, 0.3) is 0 Å². The Morgan fingerprint density at radius 2 is 2.08 bits per heavy atom. The van der Waals surface area contributed by atoms with Gasteiger partial charge in [-0.1, -0.05) is 13.0 Å². The van der Waals surface area contributed by atoms with Crippen LogP contribution in [0, 0.1) is 0 Å². The molecule has 2 rings (SSSR count). The molecule has 0 atom stereocenters. The summed E-state index contributed by atoms with van der Waals surface area (Å²) in [5.41, 5.74) is 0.0718. The first-order chi connectivity index (χ1) is 11.9. The minimum absolute atomic E-state index is 0.0273. The standard InChI is InChI=1S/C18H19F3N2O2/c1-2-10-25-16-7-6-14(18(19,20)21)11-15(16)23-17(24)8-5-13-4-3-9-22-12-13/h3-4,6-7,9,11-12H,2,5,8,10H2,1H3,(H,23,24). The molecule has 0 spiro atoms. The molecule has 0 saturated heterocycles. The van der Waals surface area contributed by atoms with Gasteiger partial charge in [0.05, 0.1) is 17.9 Å². The molecule has 0 aliphatic rings. The Balaban J connectivity index is 2.10. The predicted octanol–water partition coefficient (Wildman–Crippen LogP) is 4.46. The summed E-state index contributed by atoms with van der Waals surface area (Å²) in [5.74, 6) is -0.158. The van der Waals surface area contributed by atoms with Gasteiger partial charge >= 0.3 is 6.18 Å². The molecule has 1 aromatic carbocycles. The predicted molar refractivity (Wildman–Crippen MR) is 88.4 cm³/mol. The van der Waals surface area contributed by atoms with Crippen molar-refractivity contribution in [2.45, 2.75) is 32.4 Å². The molecule has 0 aliphatic carbocycles. The number of carbonyl (C=O) groups excluding carboxylic acids is 1. The average molecular weight is 352 g/mol. The van der Waals surface area contributed by atoms with Crippen LogP contribution in [0.4, 0.5) is 18.9 Å². The van der Waals surface area contributed by atoms with E-state index in [-0.39, 0.29) is 23.8 Å². The van der Waals surface area contributed by atoms with E-state index in [0.717, 1.165) is 17.7 Å². The van der Waals surface area contributed by atoms with E-state index in [1.54, 1.807) is 18.5 Å². The lowest BCUT2D eigenvalue weighted by Crippen LogP contribution is -2.15. The number of hydrogen-bond acceptors (Lipinski definition) is 3. The van der Waals surface area contributed by atoms with Crippen LogP contribution in [0.3, 0.4) is 0 Å². The molecule has 7 heteroatoms. The maximum atomic E-state index is 12.9. The molecule has 0 saturated carbocycles. The summed E-state index contributed by atoms with van der Waals surface area (Å²) in [6, 6.07) is 6.66. The minimum atomic E-state index is -4.49. The molecule has 134 valence electrons. The summed E-state index contributed by atoms with van der Waals surface area (Å²) < 4.78 is 44.1. The SMILES string of the molecule is CCCOc1ccc(C(F)(F)F)cc1NC(=O)CCc1cccnc1. The molecule has 1 aromatic heterocycles. The van der Waals surface area contributed by atoms with E-state index < -0.39 is 11.7 Å². The van der Waals surface area contributed by atoms with E-state index in [2.05, 4.69) is 10.3 Å². The number of hydrogen-bond donors (Lipinski definition) is 1. The highest BCUT2D eigenvalue weighted by atomic mass is 19.4. The van der Waals surface area contributed by atoms with Gasteiger partial charge in [0.1, 0.15) is 5.75 Å². The van der Waals surface area contributed by atoms with Gasteiger partial charge in [0.2, 0.25) is 5.91 Å². The summed E-state index contributed by atoms with van der Waals surface area (Å²) >= 11 is 0. The zero-order valence-electron chi connectivity index (χ0n) is 13.8. The third-order valence-electron chi connectivity index (χ3n) is 3.41. The van der Waals surface area contributed by atoms with Crippen molar-refractivity contribution in [1.82, 2.24) is 4.98 Å². The fourth-order valence-corrected chi connectivity index (χ4v) is 2.16. The maximum Gasteiger partial charge on any atom is 0.416 e. The van der Waals surface area contributed by atoms with Crippen LogP contribution in [-0.4, -0.2) is 17.5 Å². The average Bonchev–Trinajstić information content (AvgIpc) is 2.59. The number of ether oxygens (including phenoxy) is 1. The van der Waals surface area contributed by atoms with Gasteiger partial charge in [-0.15, -0.1) is 0 Å². The first kappa shape index (κ1) is 18.8. The van der Waals surface area contributed by atoms with Crippen LogP contribution >= 0.6 is 0 Å². The third kappa shape index (κ3) is 5.77.